The topological polar surface area (TPSA) is 55.8 Å². The molecule has 5 nitrogen and oxygen atoms in total. The zero-order valence-electron chi connectivity index (χ0n) is 14.2. The van der Waals surface area contributed by atoms with Crippen molar-refractivity contribution in [1.29, 1.82) is 0 Å². The number of nitrogens with zero attached hydrogens (tertiary/aromatic N) is 1. The molecule has 1 amide bonds. The molecule has 0 aromatic heterocycles. The summed E-state index contributed by atoms with van der Waals surface area (Å²) < 4.78 is 10.8. The first-order valence-corrected chi connectivity index (χ1v) is 8.38. The Hall–Kier alpha value is -2.82. The van der Waals surface area contributed by atoms with Crippen LogP contribution < -0.4 is 14.4 Å². The van der Waals surface area contributed by atoms with Crippen LogP contribution in [0.15, 0.2) is 48.5 Å². The first kappa shape index (κ1) is 17.0. The number of carbonyl (C=O) groups is 2. The Morgan fingerprint density at radius 1 is 1.12 bits per heavy atom. The molecular weight excluding hydrogens is 318 g/mol. The van der Waals surface area contributed by atoms with Gasteiger partial charge in [-0.3, -0.25) is 9.59 Å². The van der Waals surface area contributed by atoms with E-state index in [-0.39, 0.29) is 11.7 Å². The van der Waals surface area contributed by atoms with Crippen LogP contribution >= 0.6 is 0 Å². The second-order valence-electron chi connectivity index (χ2n) is 5.87. The van der Waals surface area contributed by atoms with Crippen molar-refractivity contribution in [1.82, 2.24) is 0 Å². The van der Waals surface area contributed by atoms with Crippen LogP contribution in [0.25, 0.3) is 0 Å². The lowest BCUT2D eigenvalue weighted by Gasteiger charge is -2.29. The molecule has 130 valence electrons. The Kier molecular flexibility index (Phi) is 5.33. The van der Waals surface area contributed by atoms with Crippen LogP contribution in [0, 0.1) is 0 Å². The van der Waals surface area contributed by atoms with Gasteiger partial charge in [-0.15, -0.1) is 0 Å². The summed E-state index contributed by atoms with van der Waals surface area (Å²) in [5.41, 5.74) is 1.23. The van der Waals surface area contributed by atoms with Crippen molar-refractivity contribution in [2.75, 3.05) is 25.2 Å². The minimum Gasteiger partial charge on any atom is -0.497 e. The number of Topliss-reactive ketones (excluding diaryl/α,β-unsaturated/α-hetero) is 1. The average Bonchev–Trinajstić information content (AvgIpc) is 2.66. The lowest BCUT2D eigenvalue weighted by atomic mass is 9.99. The second-order valence-corrected chi connectivity index (χ2v) is 5.87. The van der Waals surface area contributed by atoms with Gasteiger partial charge in [-0.25, -0.2) is 0 Å². The lowest BCUT2D eigenvalue weighted by Crippen LogP contribution is -2.37. The Labute approximate surface area is 147 Å². The molecule has 0 fully saturated rings. The number of anilines is 1. The molecule has 0 saturated heterocycles. The number of ketones is 1. The molecule has 0 N–H and O–H groups in total. The van der Waals surface area contributed by atoms with E-state index in [9.17, 15) is 9.59 Å². The van der Waals surface area contributed by atoms with Crippen molar-refractivity contribution in [2.24, 2.45) is 0 Å². The van der Waals surface area contributed by atoms with Gasteiger partial charge in [0.15, 0.2) is 5.78 Å². The monoisotopic (exact) mass is 339 g/mol. The number of benzene rings is 2. The molecule has 2 aromatic rings. The normalized spacial score (nSPS) is 13.3. The van der Waals surface area contributed by atoms with Crippen LogP contribution in [0.1, 0.15) is 29.6 Å². The van der Waals surface area contributed by atoms with Gasteiger partial charge in [0.05, 0.1) is 19.4 Å². The quantitative estimate of drug-likeness (QED) is 0.756. The molecule has 25 heavy (non-hydrogen) atoms. The summed E-state index contributed by atoms with van der Waals surface area (Å²) in [4.78, 5) is 26.4. The molecular formula is C20H21NO4. The molecule has 1 heterocycles. The highest BCUT2D eigenvalue weighted by Gasteiger charge is 2.27. The fourth-order valence-electron chi connectivity index (χ4n) is 2.89. The molecule has 5 heteroatoms. The highest BCUT2D eigenvalue weighted by molar-refractivity contribution is 6.09. The van der Waals surface area contributed by atoms with Crippen LogP contribution in [0.4, 0.5) is 5.69 Å². The lowest BCUT2D eigenvalue weighted by molar-refractivity contribution is -0.118. The third-order valence-electron chi connectivity index (χ3n) is 4.21. The number of carbonyl (C=O) groups excluding carboxylic acids is 2. The Balaban J connectivity index is 1.61. The van der Waals surface area contributed by atoms with Crippen molar-refractivity contribution >= 4 is 17.4 Å². The van der Waals surface area contributed by atoms with Gasteiger partial charge < -0.3 is 14.4 Å². The molecule has 0 unspecified atom stereocenters. The Bertz CT molecular complexity index is 758. The summed E-state index contributed by atoms with van der Waals surface area (Å²) >= 11 is 0. The zero-order valence-corrected chi connectivity index (χ0v) is 14.2. The molecule has 0 spiro atoms. The first-order chi connectivity index (χ1) is 12.2. The number of methoxy groups -OCH3 is 1. The van der Waals surface area contributed by atoms with Gasteiger partial charge in [-0.1, -0.05) is 18.2 Å². The summed E-state index contributed by atoms with van der Waals surface area (Å²) in [7, 11) is 1.57. The maximum Gasteiger partial charge on any atom is 0.227 e. The third-order valence-corrected chi connectivity index (χ3v) is 4.21. The fourth-order valence-corrected chi connectivity index (χ4v) is 2.89. The largest absolute Gasteiger partial charge is 0.497 e. The van der Waals surface area contributed by atoms with E-state index in [1.54, 1.807) is 30.2 Å². The van der Waals surface area contributed by atoms with Gasteiger partial charge >= 0.3 is 0 Å². The minimum atomic E-state index is -0.00124. The van der Waals surface area contributed by atoms with E-state index >= 15 is 0 Å². The van der Waals surface area contributed by atoms with Crippen LogP contribution in [-0.2, 0) is 4.79 Å². The van der Waals surface area contributed by atoms with Gasteiger partial charge in [0, 0.05) is 31.0 Å². The third kappa shape index (κ3) is 3.99. The van der Waals surface area contributed by atoms with Crippen LogP contribution in [0.5, 0.6) is 11.5 Å². The minimum absolute atomic E-state index is 0.00124. The van der Waals surface area contributed by atoms with Gasteiger partial charge in [0.25, 0.3) is 0 Å². The van der Waals surface area contributed by atoms with Gasteiger partial charge in [-0.2, -0.15) is 0 Å². The number of fused-ring (bicyclic) bond motifs is 1. The predicted octanol–water partition coefficient (Wildman–Crippen LogP) is 3.47. The fraction of sp³-hybridized carbons (Fsp3) is 0.300. The predicted molar refractivity (Wildman–Crippen MR) is 95.5 cm³/mol. The number of rotatable bonds is 6. The smallest absolute Gasteiger partial charge is 0.227 e. The van der Waals surface area contributed by atoms with Crippen LogP contribution in [0.2, 0.25) is 0 Å². The maximum absolute atomic E-state index is 12.6. The molecule has 0 radical (unpaired) electrons. The van der Waals surface area contributed by atoms with E-state index in [4.69, 9.17) is 9.47 Å². The van der Waals surface area contributed by atoms with Crippen molar-refractivity contribution in [3.63, 3.8) is 0 Å². The number of para-hydroxylation sites is 1. The summed E-state index contributed by atoms with van der Waals surface area (Å²) in [5, 5.41) is 0. The number of hydrogen-bond acceptors (Lipinski definition) is 4. The standard InChI is InChI=1S/C20H21NO4/c1-24-16-9-10-17-18(14-16)21(12-11-19(17)22)20(23)8-5-13-25-15-6-3-2-4-7-15/h2-4,6-7,9-10,14H,5,8,11-13H2,1H3. The second kappa shape index (κ2) is 7.83. The number of amides is 1. The molecule has 3 rings (SSSR count). The summed E-state index contributed by atoms with van der Waals surface area (Å²) in [6.07, 6.45) is 1.35. The summed E-state index contributed by atoms with van der Waals surface area (Å²) in [6.45, 7) is 0.894. The SMILES string of the molecule is COc1ccc2c(c1)N(C(=O)CCCOc1ccccc1)CCC2=O. The van der Waals surface area contributed by atoms with E-state index < -0.39 is 0 Å². The van der Waals surface area contributed by atoms with E-state index in [0.29, 0.717) is 49.4 Å². The van der Waals surface area contributed by atoms with Gasteiger partial charge in [0.1, 0.15) is 11.5 Å². The van der Waals surface area contributed by atoms with E-state index in [2.05, 4.69) is 0 Å². The molecule has 0 aliphatic carbocycles. The number of hydrogen-bond donors (Lipinski definition) is 0. The Morgan fingerprint density at radius 3 is 2.68 bits per heavy atom. The van der Waals surface area contributed by atoms with Crippen LogP contribution in [0.3, 0.4) is 0 Å². The first-order valence-electron chi connectivity index (χ1n) is 8.38. The van der Waals surface area contributed by atoms with Gasteiger partial charge in [-0.05, 0) is 30.7 Å². The summed E-state index contributed by atoms with van der Waals surface area (Å²) in [5.74, 6) is 1.50. The molecule has 0 bridgehead atoms. The molecule has 1 aliphatic rings. The molecule has 0 saturated carbocycles. The summed E-state index contributed by atoms with van der Waals surface area (Å²) in [6, 6.07) is 14.8. The van der Waals surface area contributed by atoms with Crippen molar-refractivity contribution in [3.05, 3.63) is 54.1 Å². The van der Waals surface area contributed by atoms with Crippen molar-refractivity contribution in [2.45, 2.75) is 19.3 Å². The maximum atomic E-state index is 12.6. The molecule has 2 aromatic carbocycles. The zero-order chi connectivity index (χ0) is 17.6. The number of ether oxygens (including phenoxy) is 2. The van der Waals surface area contributed by atoms with Crippen molar-refractivity contribution < 1.29 is 19.1 Å². The highest BCUT2D eigenvalue weighted by Crippen LogP contribution is 2.31. The highest BCUT2D eigenvalue weighted by atomic mass is 16.5. The molecule has 0 atom stereocenters. The molecule has 1 aliphatic heterocycles. The average molecular weight is 339 g/mol. The van der Waals surface area contributed by atoms with E-state index in [1.807, 2.05) is 30.3 Å². The van der Waals surface area contributed by atoms with Crippen LogP contribution in [-0.4, -0.2) is 32.0 Å². The van der Waals surface area contributed by atoms with E-state index in [0.717, 1.165) is 5.75 Å². The van der Waals surface area contributed by atoms with Crippen molar-refractivity contribution in [3.8, 4) is 11.5 Å². The van der Waals surface area contributed by atoms with E-state index in [1.165, 1.54) is 0 Å². The van der Waals surface area contributed by atoms with Gasteiger partial charge in [0.2, 0.25) is 5.91 Å². The Morgan fingerprint density at radius 2 is 1.92 bits per heavy atom.